The fraction of sp³-hybridized carbons (Fsp3) is 0.571. The van der Waals surface area contributed by atoms with Gasteiger partial charge < -0.3 is 19.5 Å². The lowest BCUT2D eigenvalue weighted by molar-refractivity contribution is 0.158. The Labute approximate surface area is 109 Å². The molecule has 0 fully saturated rings. The molecule has 102 valence electrons. The van der Waals surface area contributed by atoms with E-state index in [4.69, 9.17) is 14.2 Å². The quantitative estimate of drug-likeness (QED) is 0.770. The first-order valence-corrected chi connectivity index (χ1v) is 6.12. The van der Waals surface area contributed by atoms with Gasteiger partial charge in [0.1, 0.15) is 0 Å². The van der Waals surface area contributed by atoms with Gasteiger partial charge in [-0.05, 0) is 12.0 Å². The molecular formula is C14H23NO3. The average molecular weight is 253 g/mol. The molecule has 1 aromatic carbocycles. The molecule has 0 heterocycles. The van der Waals surface area contributed by atoms with E-state index >= 15 is 0 Å². The summed E-state index contributed by atoms with van der Waals surface area (Å²) in [5.41, 5.74) is 1.10. The Morgan fingerprint density at radius 1 is 1.17 bits per heavy atom. The van der Waals surface area contributed by atoms with Crippen molar-refractivity contribution in [3.8, 4) is 11.5 Å². The maximum atomic E-state index is 5.38. The molecule has 0 aliphatic rings. The zero-order chi connectivity index (χ0) is 13.4. The molecule has 0 radical (unpaired) electrons. The van der Waals surface area contributed by atoms with Crippen molar-refractivity contribution in [3.05, 3.63) is 23.8 Å². The maximum absolute atomic E-state index is 5.38. The van der Waals surface area contributed by atoms with Gasteiger partial charge in [-0.25, -0.2) is 0 Å². The van der Waals surface area contributed by atoms with Gasteiger partial charge in [0.25, 0.3) is 0 Å². The standard InChI is InChI=1S/C14H23NO3/c1-11(10-16-2)8-15-9-12-6-5-7-13(17-3)14(12)18-4/h5-7,11,15H,8-10H2,1-4H3. The highest BCUT2D eigenvalue weighted by Crippen LogP contribution is 2.30. The van der Waals surface area contributed by atoms with Crippen molar-refractivity contribution in [1.82, 2.24) is 5.32 Å². The van der Waals surface area contributed by atoms with Gasteiger partial charge in [-0.2, -0.15) is 0 Å². The van der Waals surface area contributed by atoms with Crippen LogP contribution >= 0.6 is 0 Å². The van der Waals surface area contributed by atoms with Crippen LogP contribution in [0.2, 0.25) is 0 Å². The van der Waals surface area contributed by atoms with Crippen LogP contribution in [-0.4, -0.2) is 34.5 Å². The van der Waals surface area contributed by atoms with Gasteiger partial charge in [0.05, 0.1) is 14.2 Å². The number of hydrogen-bond donors (Lipinski definition) is 1. The molecule has 0 spiro atoms. The molecule has 18 heavy (non-hydrogen) atoms. The fourth-order valence-corrected chi connectivity index (χ4v) is 1.89. The Balaban J connectivity index is 2.56. The zero-order valence-electron chi connectivity index (χ0n) is 11.7. The number of methoxy groups -OCH3 is 3. The van der Waals surface area contributed by atoms with Gasteiger partial charge in [0.15, 0.2) is 11.5 Å². The topological polar surface area (TPSA) is 39.7 Å². The van der Waals surface area contributed by atoms with Gasteiger partial charge in [-0.3, -0.25) is 0 Å². The first-order valence-electron chi connectivity index (χ1n) is 6.12. The van der Waals surface area contributed by atoms with E-state index in [0.717, 1.165) is 36.8 Å². The van der Waals surface area contributed by atoms with Crippen LogP contribution < -0.4 is 14.8 Å². The van der Waals surface area contributed by atoms with Crippen molar-refractivity contribution in [2.45, 2.75) is 13.5 Å². The number of nitrogens with one attached hydrogen (secondary N) is 1. The Kier molecular flexibility index (Phi) is 6.54. The minimum atomic E-state index is 0.492. The molecule has 1 rings (SSSR count). The highest BCUT2D eigenvalue weighted by atomic mass is 16.5. The van der Waals surface area contributed by atoms with Crippen LogP contribution in [0.5, 0.6) is 11.5 Å². The lowest BCUT2D eigenvalue weighted by Crippen LogP contribution is -2.23. The molecule has 1 atom stereocenters. The van der Waals surface area contributed by atoms with E-state index < -0.39 is 0 Å². The van der Waals surface area contributed by atoms with Crippen LogP contribution in [0, 0.1) is 5.92 Å². The first kappa shape index (κ1) is 14.8. The Bertz CT molecular complexity index is 355. The molecule has 1 unspecified atom stereocenters. The summed E-state index contributed by atoms with van der Waals surface area (Å²) < 4.78 is 15.8. The summed E-state index contributed by atoms with van der Waals surface area (Å²) in [4.78, 5) is 0. The minimum absolute atomic E-state index is 0.492. The smallest absolute Gasteiger partial charge is 0.165 e. The number of hydrogen-bond acceptors (Lipinski definition) is 4. The molecule has 4 nitrogen and oxygen atoms in total. The van der Waals surface area contributed by atoms with Crippen LogP contribution in [0.15, 0.2) is 18.2 Å². The van der Waals surface area contributed by atoms with Crippen molar-refractivity contribution in [2.24, 2.45) is 5.92 Å². The SMILES string of the molecule is COCC(C)CNCc1cccc(OC)c1OC. The van der Waals surface area contributed by atoms with Gasteiger partial charge >= 0.3 is 0 Å². The number of ether oxygens (including phenoxy) is 3. The van der Waals surface area contributed by atoms with Gasteiger partial charge in [0, 0.05) is 32.4 Å². The van der Waals surface area contributed by atoms with Gasteiger partial charge in [-0.15, -0.1) is 0 Å². The van der Waals surface area contributed by atoms with Gasteiger partial charge in [-0.1, -0.05) is 19.1 Å². The van der Waals surface area contributed by atoms with Crippen LogP contribution in [0.3, 0.4) is 0 Å². The predicted molar refractivity (Wildman–Crippen MR) is 72.3 cm³/mol. The van der Waals surface area contributed by atoms with E-state index in [2.05, 4.69) is 12.2 Å². The molecule has 0 aliphatic carbocycles. The third-order valence-corrected chi connectivity index (χ3v) is 2.74. The largest absolute Gasteiger partial charge is 0.493 e. The van der Waals surface area contributed by atoms with Crippen molar-refractivity contribution in [1.29, 1.82) is 0 Å². The van der Waals surface area contributed by atoms with Crippen LogP contribution in [-0.2, 0) is 11.3 Å². The number of rotatable bonds is 8. The third kappa shape index (κ3) is 4.20. The molecule has 0 aromatic heterocycles. The van der Waals surface area contributed by atoms with E-state index in [1.165, 1.54) is 0 Å². The monoisotopic (exact) mass is 253 g/mol. The third-order valence-electron chi connectivity index (χ3n) is 2.74. The molecule has 0 bridgehead atoms. The zero-order valence-corrected chi connectivity index (χ0v) is 11.7. The minimum Gasteiger partial charge on any atom is -0.493 e. The molecule has 0 amide bonds. The van der Waals surface area contributed by atoms with E-state index in [1.807, 2.05) is 18.2 Å². The Morgan fingerprint density at radius 3 is 2.56 bits per heavy atom. The average Bonchev–Trinajstić information content (AvgIpc) is 2.38. The van der Waals surface area contributed by atoms with Crippen molar-refractivity contribution in [2.75, 3.05) is 34.5 Å². The lowest BCUT2D eigenvalue weighted by atomic mass is 10.1. The second-order valence-corrected chi connectivity index (χ2v) is 4.34. The van der Waals surface area contributed by atoms with Crippen molar-refractivity contribution < 1.29 is 14.2 Å². The van der Waals surface area contributed by atoms with E-state index in [1.54, 1.807) is 21.3 Å². The lowest BCUT2D eigenvalue weighted by Gasteiger charge is -2.15. The highest BCUT2D eigenvalue weighted by Gasteiger charge is 2.09. The predicted octanol–water partition coefficient (Wildman–Crippen LogP) is 2.08. The molecule has 0 aliphatic heterocycles. The molecule has 0 saturated carbocycles. The summed E-state index contributed by atoms with van der Waals surface area (Å²) in [6.45, 7) is 4.59. The molecular weight excluding hydrogens is 230 g/mol. The molecule has 1 aromatic rings. The van der Waals surface area contributed by atoms with Crippen LogP contribution in [0.25, 0.3) is 0 Å². The second-order valence-electron chi connectivity index (χ2n) is 4.34. The van der Waals surface area contributed by atoms with Crippen LogP contribution in [0.4, 0.5) is 0 Å². The Morgan fingerprint density at radius 2 is 1.94 bits per heavy atom. The summed E-state index contributed by atoms with van der Waals surface area (Å²) in [5, 5.41) is 3.40. The van der Waals surface area contributed by atoms with E-state index in [9.17, 15) is 0 Å². The summed E-state index contributed by atoms with van der Waals surface area (Å²) >= 11 is 0. The second kappa shape index (κ2) is 7.95. The number of benzene rings is 1. The summed E-state index contributed by atoms with van der Waals surface area (Å²) in [5.74, 6) is 2.06. The maximum Gasteiger partial charge on any atom is 0.165 e. The molecule has 1 N–H and O–H groups in total. The molecule has 0 saturated heterocycles. The van der Waals surface area contributed by atoms with Crippen molar-refractivity contribution in [3.63, 3.8) is 0 Å². The normalized spacial score (nSPS) is 12.2. The summed E-state index contributed by atoms with van der Waals surface area (Å²) in [6, 6.07) is 5.90. The first-order chi connectivity index (χ1) is 8.72. The molecule has 4 heteroatoms. The summed E-state index contributed by atoms with van der Waals surface area (Å²) in [6.07, 6.45) is 0. The van der Waals surface area contributed by atoms with E-state index in [-0.39, 0.29) is 0 Å². The highest BCUT2D eigenvalue weighted by molar-refractivity contribution is 5.46. The number of para-hydroxylation sites is 1. The summed E-state index contributed by atoms with van der Waals surface area (Å²) in [7, 11) is 5.03. The van der Waals surface area contributed by atoms with Gasteiger partial charge in [0.2, 0.25) is 0 Å². The van der Waals surface area contributed by atoms with Crippen molar-refractivity contribution >= 4 is 0 Å². The fourth-order valence-electron chi connectivity index (χ4n) is 1.89. The van der Waals surface area contributed by atoms with E-state index in [0.29, 0.717) is 5.92 Å². The van der Waals surface area contributed by atoms with Crippen LogP contribution in [0.1, 0.15) is 12.5 Å². The Hall–Kier alpha value is -1.26.